The summed E-state index contributed by atoms with van der Waals surface area (Å²) in [5.74, 6) is -0.734. The number of hydrogen-bond donors (Lipinski definition) is 0. The third kappa shape index (κ3) is 21.7. The van der Waals surface area contributed by atoms with Gasteiger partial charge in [-0.05, 0) is 112 Å². The minimum atomic E-state index is -0.702. The quantitative estimate of drug-likeness (QED) is 0.0336. The number of benzene rings is 2. The zero-order valence-corrected chi connectivity index (χ0v) is 36.9. The fourth-order valence-corrected chi connectivity index (χ4v) is 6.23. The molecule has 336 valence electrons. The Labute approximate surface area is 367 Å². The second-order valence-corrected chi connectivity index (χ2v) is 15.5. The van der Waals surface area contributed by atoms with Crippen LogP contribution in [0.15, 0.2) is 102 Å². The summed E-state index contributed by atoms with van der Waals surface area (Å²) in [6.45, 7) is 12.5. The lowest BCUT2D eigenvalue weighted by atomic mass is 10.1. The molecule has 0 aliphatic carbocycles. The van der Waals surface area contributed by atoms with Gasteiger partial charge in [0.25, 0.3) is 0 Å². The number of rotatable bonds is 32. The van der Waals surface area contributed by atoms with Crippen molar-refractivity contribution >= 4 is 23.9 Å². The van der Waals surface area contributed by atoms with Crippen molar-refractivity contribution in [3.05, 3.63) is 118 Å². The van der Waals surface area contributed by atoms with Crippen molar-refractivity contribution in [1.29, 1.82) is 0 Å². The third-order valence-electron chi connectivity index (χ3n) is 9.91. The molecule has 0 fully saturated rings. The highest BCUT2D eigenvalue weighted by Gasteiger charge is 2.13. The van der Waals surface area contributed by atoms with Crippen LogP contribution in [-0.2, 0) is 19.1 Å². The zero-order chi connectivity index (χ0) is 44.8. The van der Waals surface area contributed by atoms with E-state index in [1.165, 1.54) is 62.8 Å². The van der Waals surface area contributed by atoms with Gasteiger partial charge in [-0.1, -0.05) is 103 Å². The van der Waals surface area contributed by atoms with Gasteiger partial charge < -0.3 is 28.4 Å². The Hall–Kier alpha value is -5.71. The normalized spacial score (nSPS) is 10.7. The smallest absolute Gasteiger partial charge is 0.343 e. The fraction of sp³-hybridized carbons (Fsp3) is 0.471. The van der Waals surface area contributed by atoms with Gasteiger partial charge in [-0.15, -0.1) is 0 Å². The molecule has 11 heteroatoms. The van der Waals surface area contributed by atoms with Gasteiger partial charge in [0, 0.05) is 11.1 Å². The molecule has 11 nitrogen and oxygen atoms in total. The van der Waals surface area contributed by atoms with E-state index >= 15 is 0 Å². The maximum atomic E-state index is 12.9. The van der Waals surface area contributed by atoms with Crippen molar-refractivity contribution in [1.82, 2.24) is 0 Å². The average Bonchev–Trinajstić information content (AvgIpc) is 3.43. The molecule has 62 heavy (non-hydrogen) atoms. The second kappa shape index (κ2) is 30.3. The summed E-state index contributed by atoms with van der Waals surface area (Å²) in [4.78, 5) is 61.1. The van der Waals surface area contributed by atoms with Gasteiger partial charge in [-0.2, -0.15) is 0 Å². The summed E-state index contributed by atoms with van der Waals surface area (Å²) in [5.41, 5.74) is 0.891. The molecule has 0 spiro atoms. The second-order valence-electron chi connectivity index (χ2n) is 15.5. The first-order valence-electron chi connectivity index (χ1n) is 22.2. The Morgan fingerprint density at radius 2 is 0.726 bits per heavy atom. The van der Waals surface area contributed by atoms with Crippen LogP contribution in [0.1, 0.15) is 150 Å². The largest absolute Gasteiger partial charge is 0.494 e. The van der Waals surface area contributed by atoms with E-state index in [0.29, 0.717) is 54.6 Å². The molecule has 3 aromatic rings. The lowest BCUT2D eigenvalue weighted by Crippen LogP contribution is -2.13. The fourth-order valence-electron chi connectivity index (χ4n) is 6.23. The number of unbranched alkanes of at least 4 members (excludes halogenated alkanes) is 16. The van der Waals surface area contributed by atoms with Crippen LogP contribution in [0.4, 0.5) is 0 Å². The van der Waals surface area contributed by atoms with Gasteiger partial charge >= 0.3 is 23.9 Å². The maximum absolute atomic E-state index is 12.9. The van der Waals surface area contributed by atoms with Gasteiger partial charge in [0.2, 0.25) is 5.43 Å². The van der Waals surface area contributed by atoms with Crippen molar-refractivity contribution in [2.75, 3.05) is 26.4 Å². The summed E-state index contributed by atoms with van der Waals surface area (Å²) < 4.78 is 32.8. The standard InChI is InChI=1S/C51H66O11/c1-39(2)48(53)59-37-21-17-13-9-5-7-11-15-19-35-57-43-27-23-41(24-28-43)50(55)61-45-31-33-46(52)47(34-32-45)62-51(56)42-25-29-44(30-26-42)58-36-20-16-12-8-6-10-14-18-22-38-60-49(54)40(3)4/h23-34H,1,3,5-22,35-38H2,2,4H3. The number of ether oxygens (including phenoxy) is 6. The average molecular weight is 855 g/mol. The molecular weight excluding hydrogens is 789 g/mol. The Kier molecular flexibility index (Phi) is 24.8. The van der Waals surface area contributed by atoms with Crippen LogP contribution in [0, 0.1) is 0 Å². The van der Waals surface area contributed by atoms with E-state index in [1.807, 2.05) is 0 Å². The van der Waals surface area contributed by atoms with Crippen molar-refractivity contribution < 1.29 is 47.6 Å². The monoisotopic (exact) mass is 854 g/mol. The molecule has 3 rings (SSSR count). The van der Waals surface area contributed by atoms with Crippen molar-refractivity contribution in [2.24, 2.45) is 0 Å². The number of carbonyl (C=O) groups is 4. The van der Waals surface area contributed by atoms with E-state index in [2.05, 4.69) is 13.2 Å². The predicted octanol–water partition coefficient (Wildman–Crippen LogP) is 11.5. The lowest BCUT2D eigenvalue weighted by Gasteiger charge is -2.08. The minimum absolute atomic E-state index is 0.116. The molecule has 0 aromatic heterocycles. The first-order chi connectivity index (χ1) is 30.0. The van der Waals surface area contributed by atoms with Gasteiger partial charge in [-0.25, -0.2) is 19.2 Å². The van der Waals surface area contributed by atoms with Crippen LogP contribution < -0.4 is 24.4 Å². The first kappa shape index (κ1) is 50.6. The highest BCUT2D eigenvalue weighted by atomic mass is 16.5. The van der Waals surface area contributed by atoms with E-state index in [9.17, 15) is 24.0 Å². The molecule has 0 atom stereocenters. The summed E-state index contributed by atoms with van der Waals surface area (Å²) in [6, 6.07) is 18.5. The Bertz CT molecular complexity index is 1900. The van der Waals surface area contributed by atoms with Gasteiger partial charge in [0.05, 0.1) is 37.6 Å². The first-order valence-corrected chi connectivity index (χ1v) is 22.2. The predicted molar refractivity (Wildman–Crippen MR) is 241 cm³/mol. The van der Waals surface area contributed by atoms with E-state index in [0.717, 1.165) is 77.0 Å². The van der Waals surface area contributed by atoms with Gasteiger partial charge in [-0.3, -0.25) is 4.79 Å². The Morgan fingerprint density at radius 1 is 0.403 bits per heavy atom. The molecular formula is C51H66O11. The highest BCUT2D eigenvalue weighted by Crippen LogP contribution is 2.19. The molecule has 0 bridgehead atoms. The van der Waals surface area contributed by atoms with Gasteiger partial charge in [0.1, 0.15) is 17.2 Å². The number of carbonyl (C=O) groups excluding carboxylic acids is 4. The Morgan fingerprint density at radius 3 is 1.11 bits per heavy atom. The zero-order valence-electron chi connectivity index (χ0n) is 36.9. The molecule has 0 saturated carbocycles. The van der Waals surface area contributed by atoms with E-state index in [1.54, 1.807) is 62.4 Å². The summed E-state index contributed by atoms with van der Waals surface area (Å²) in [6.07, 6.45) is 19.6. The molecule has 0 N–H and O–H groups in total. The highest BCUT2D eigenvalue weighted by molar-refractivity contribution is 5.92. The van der Waals surface area contributed by atoms with E-state index < -0.39 is 17.4 Å². The van der Waals surface area contributed by atoms with Gasteiger partial charge in [0.15, 0.2) is 5.75 Å². The molecule has 0 radical (unpaired) electrons. The lowest BCUT2D eigenvalue weighted by molar-refractivity contribution is -0.139. The van der Waals surface area contributed by atoms with E-state index in [-0.39, 0.29) is 29.0 Å². The number of esters is 4. The molecule has 3 aromatic carbocycles. The summed E-state index contributed by atoms with van der Waals surface area (Å²) in [7, 11) is 0. The maximum Gasteiger partial charge on any atom is 0.343 e. The molecule has 0 unspecified atom stereocenters. The van der Waals surface area contributed by atoms with Crippen LogP contribution in [0.2, 0.25) is 0 Å². The molecule has 0 amide bonds. The van der Waals surface area contributed by atoms with Crippen molar-refractivity contribution in [2.45, 2.75) is 129 Å². The van der Waals surface area contributed by atoms with Crippen LogP contribution in [0.5, 0.6) is 23.0 Å². The van der Waals surface area contributed by atoms with Crippen LogP contribution in [0.3, 0.4) is 0 Å². The molecule has 0 aliphatic rings. The SMILES string of the molecule is C=C(C)C(=O)OCCCCCCCCCCCOc1ccc(C(=O)Oc2ccc(OC(=O)c3ccc(OCCCCCCCCCCCOC(=O)C(=C)C)cc3)c(=O)cc2)cc1. The van der Waals surface area contributed by atoms with Crippen molar-refractivity contribution in [3.63, 3.8) is 0 Å². The molecule has 0 heterocycles. The molecule has 0 aliphatic heterocycles. The summed E-state index contributed by atoms with van der Waals surface area (Å²) >= 11 is 0. The topological polar surface area (TPSA) is 141 Å². The third-order valence-corrected chi connectivity index (χ3v) is 9.91. The minimum Gasteiger partial charge on any atom is -0.494 e. The van der Waals surface area contributed by atoms with Crippen LogP contribution in [-0.4, -0.2) is 50.3 Å². The van der Waals surface area contributed by atoms with Crippen molar-refractivity contribution in [3.8, 4) is 23.0 Å². The van der Waals surface area contributed by atoms with Crippen LogP contribution in [0.25, 0.3) is 0 Å². The molecule has 0 saturated heterocycles. The van der Waals surface area contributed by atoms with Crippen LogP contribution >= 0.6 is 0 Å². The van der Waals surface area contributed by atoms with E-state index in [4.69, 9.17) is 28.4 Å². The Balaban J connectivity index is 1.26. The summed E-state index contributed by atoms with van der Waals surface area (Å²) in [5, 5.41) is 0. The number of hydrogen-bond acceptors (Lipinski definition) is 11.